The van der Waals surface area contributed by atoms with Gasteiger partial charge in [0.25, 0.3) is 0 Å². The number of hydrogen-bond acceptors (Lipinski definition) is 5. The number of ether oxygens (including phenoxy) is 1. The summed E-state index contributed by atoms with van der Waals surface area (Å²) < 4.78 is 4.90. The second-order valence-electron chi connectivity index (χ2n) is 2.39. The third kappa shape index (κ3) is 6.22. The third-order valence-corrected chi connectivity index (χ3v) is 1.22. The summed E-state index contributed by atoms with van der Waals surface area (Å²) in [6.45, 7) is 7.68. The Kier molecular flexibility index (Phi) is 10.6. The molecule has 1 heterocycles. The molecule has 0 aromatic carbocycles. The van der Waals surface area contributed by atoms with E-state index in [1.165, 1.54) is 0 Å². The van der Waals surface area contributed by atoms with E-state index in [-0.39, 0.29) is 6.15 Å². The summed E-state index contributed by atoms with van der Waals surface area (Å²) in [6, 6.07) is 0. The normalized spacial score (nSPS) is 7.93. The van der Waals surface area contributed by atoms with E-state index in [0.29, 0.717) is 6.61 Å². The lowest BCUT2D eigenvalue weighted by Gasteiger charge is -1.98. The summed E-state index contributed by atoms with van der Waals surface area (Å²) >= 11 is 0. The molecule has 0 aliphatic rings. The Bertz CT molecular complexity index is 252. The highest BCUT2D eigenvalue weighted by atomic mass is 16.5. The van der Waals surface area contributed by atoms with Crippen LogP contribution in [-0.2, 0) is 11.3 Å². The average molecular weight is 198 g/mol. The number of aryl methyl sites for hydroxylation is 1. The van der Waals surface area contributed by atoms with Crippen LogP contribution < -0.4 is 6.15 Å². The summed E-state index contributed by atoms with van der Waals surface area (Å²) in [5.41, 5.74) is 1.86. The number of allylic oxidation sites excluding steroid dienone is 1. The highest BCUT2D eigenvalue weighted by Crippen LogP contribution is 2.00. The summed E-state index contributed by atoms with van der Waals surface area (Å²) in [6.07, 6.45) is 3.41. The standard InChI is InChI=1S/C6H9N3O.C3H6.H3N/c1-5-6(4-10-2)3-7-9-8-5;1-3-2;/h3H,4H2,1-2H3;3H,1H2,2H3;1H3. The second-order valence-corrected chi connectivity index (χ2v) is 2.39. The van der Waals surface area contributed by atoms with Gasteiger partial charge in [0.15, 0.2) is 0 Å². The molecule has 0 amide bonds. The Balaban J connectivity index is 0. The van der Waals surface area contributed by atoms with Gasteiger partial charge in [-0.25, -0.2) is 0 Å². The van der Waals surface area contributed by atoms with Crippen LogP contribution in [0.1, 0.15) is 18.2 Å². The molecule has 5 nitrogen and oxygen atoms in total. The first-order chi connectivity index (χ1) is 6.26. The van der Waals surface area contributed by atoms with Gasteiger partial charge in [0, 0.05) is 12.7 Å². The zero-order valence-electron chi connectivity index (χ0n) is 9.03. The van der Waals surface area contributed by atoms with Gasteiger partial charge in [-0.1, -0.05) is 6.08 Å². The van der Waals surface area contributed by atoms with Crippen LogP contribution in [0.5, 0.6) is 0 Å². The maximum absolute atomic E-state index is 4.90. The zero-order valence-corrected chi connectivity index (χ0v) is 9.03. The van der Waals surface area contributed by atoms with E-state index in [4.69, 9.17) is 4.74 Å². The van der Waals surface area contributed by atoms with E-state index >= 15 is 0 Å². The predicted molar refractivity (Wildman–Crippen MR) is 56.2 cm³/mol. The van der Waals surface area contributed by atoms with Crippen molar-refractivity contribution >= 4 is 0 Å². The molecule has 5 heteroatoms. The number of hydrogen-bond donors (Lipinski definition) is 1. The molecule has 3 N–H and O–H groups in total. The van der Waals surface area contributed by atoms with Gasteiger partial charge < -0.3 is 10.9 Å². The molecule has 0 bridgehead atoms. The molecule has 0 saturated carbocycles. The Morgan fingerprint density at radius 2 is 2.14 bits per heavy atom. The molecule has 0 radical (unpaired) electrons. The van der Waals surface area contributed by atoms with Crippen LogP contribution in [0, 0.1) is 6.92 Å². The highest BCUT2D eigenvalue weighted by Gasteiger charge is 1.96. The monoisotopic (exact) mass is 198 g/mol. The van der Waals surface area contributed by atoms with Gasteiger partial charge in [-0.2, -0.15) is 0 Å². The van der Waals surface area contributed by atoms with E-state index in [9.17, 15) is 0 Å². The minimum atomic E-state index is 0. The van der Waals surface area contributed by atoms with Gasteiger partial charge in [0.05, 0.1) is 18.5 Å². The Morgan fingerprint density at radius 1 is 1.57 bits per heavy atom. The Hall–Kier alpha value is -1.33. The molecule has 1 aromatic rings. The van der Waals surface area contributed by atoms with Gasteiger partial charge >= 0.3 is 0 Å². The average Bonchev–Trinajstić information content (AvgIpc) is 2.11. The number of aromatic nitrogens is 3. The third-order valence-electron chi connectivity index (χ3n) is 1.22. The van der Waals surface area contributed by atoms with Crippen LogP contribution >= 0.6 is 0 Å². The van der Waals surface area contributed by atoms with Gasteiger partial charge in [0.1, 0.15) is 0 Å². The van der Waals surface area contributed by atoms with Crippen LogP contribution in [0.3, 0.4) is 0 Å². The van der Waals surface area contributed by atoms with Crippen molar-refractivity contribution in [2.45, 2.75) is 20.5 Å². The highest BCUT2D eigenvalue weighted by molar-refractivity contribution is 5.10. The summed E-state index contributed by atoms with van der Waals surface area (Å²) in [4.78, 5) is 0. The molecule has 0 spiro atoms. The molecule has 0 aliphatic carbocycles. The summed E-state index contributed by atoms with van der Waals surface area (Å²) in [5, 5.41) is 10.9. The SMILES string of the molecule is C=CC.COCc1cnnnc1C.N. The van der Waals surface area contributed by atoms with Crippen LogP contribution in [0.2, 0.25) is 0 Å². The van der Waals surface area contributed by atoms with E-state index in [1.807, 2.05) is 13.8 Å². The molecule has 0 unspecified atom stereocenters. The van der Waals surface area contributed by atoms with Crippen molar-refractivity contribution in [2.24, 2.45) is 0 Å². The molecular weight excluding hydrogens is 180 g/mol. The van der Waals surface area contributed by atoms with Crippen molar-refractivity contribution in [3.05, 3.63) is 30.1 Å². The van der Waals surface area contributed by atoms with Crippen molar-refractivity contribution in [2.75, 3.05) is 7.11 Å². The fraction of sp³-hybridized carbons (Fsp3) is 0.444. The number of rotatable bonds is 2. The lowest BCUT2D eigenvalue weighted by molar-refractivity contribution is 0.183. The first kappa shape index (κ1) is 15.2. The van der Waals surface area contributed by atoms with E-state index in [1.54, 1.807) is 19.4 Å². The zero-order chi connectivity index (χ0) is 10.1. The summed E-state index contributed by atoms with van der Waals surface area (Å²) in [5.74, 6) is 0. The predicted octanol–water partition coefficient (Wildman–Crippen LogP) is 1.68. The minimum Gasteiger partial charge on any atom is -0.380 e. The molecule has 14 heavy (non-hydrogen) atoms. The lowest BCUT2D eigenvalue weighted by atomic mass is 10.3. The van der Waals surface area contributed by atoms with Crippen LogP contribution in [0.25, 0.3) is 0 Å². The Morgan fingerprint density at radius 3 is 2.57 bits per heavy atom. The fourth-order valence-corrected chi connectivity index (χ4v) is 0.643. The molecule has 1 aromatic heterocycles. The van der Waals surface area contributed by atoms with Crippen molar-refractivity contribution in [1.29, 1.82) is 0 Å². The van der Waals surface area contributed by atoms with E-state index in [0.717, 1.165) is 11.3 Å². The molecule has 0 fully saturated rings. The van der Waals surface area contributed by atoms with Crippen molar-refractivity contribution in [3.8, 4) is 0 Å². The molecule has 0 saturated heterocycles. The molecule has 0 aliphatic heterocycles. The smallest absolute Gasteiger partial charge is 0.0747 e. The molecule has 80 valence electrons. The maximum atomic E-state index is 4.90. The quantitative estimate of drug-likeness (QED) is 0.731. The molecule has 0 atom stereocenters. The Labute approximate surface area is 84.8 Å². The molecular formula is C9H18N4O. The van der Waals surface area contributed by atoms with Gasteiger partial charge in [0.2, 0.25) is 0 Å². The number of methoxy groups -OCH3 is 1. The van der Waals surface area contributed by atoms with Crippen LogP contribution in [0.4, 0.5) is 0 Å². The molecule has 1 rings (SSSR count). The first-order valence-electron chi connectivity index (χ1n) is 3.96. The second kappa shape index (κ2) is 9.76. The van der Waals surface area contributed by atoms with Crippen molar-refractivity contribution in [1.82, 2.24) is 21.6 Å². The number of nitrogens with zero attached hydrogens (tertiary/aromatic N) is 3. The van der Waals surface area contributed by atoms with E-state index in [2.05, 4.69) is 22.0 Å². The van der Waals surface area contributed by atoms with Gasteiger partial charge in [-0.3, -0.25) is 0 Å². The first-order valence-corrected chi connectivity index (χ1v) is 3.96. The van der Waals surface area contributed by atoms with Crippen molar-refractivity contribution < 1.29 is 4.74 Å². The lowest BCUT2D eigenvalue weighted by Crippen LogP contribution is -1.98. The summed E-state index contributed by atoms with van der Waals surface area (Å²) in [7, 11) is 1.64. The van der Waals surface area contributed by atoms with E-state index < -0.39 is 0 Å². The topological polar surface area (TPSA) is 82.9 Å². The van der Waals surface area contributed by atoms with Gasteiger partial charge in [-0.15, -0.1) is 16.8 Å². The minimum absolute atomic E-state index is 0. The largest absolute Gasteiger partial charge is 0.380 e. The fourth-order valence-electron chi connectivity index (χ4n) is 0.643. The van der Waals surface area contributed by atoms with Crippen molar-refractivity contribution in [3.63, 3.8) is 0 Å². The van der Waals surface area contributed by atoms with Crippen LogP contribution in [-0.4, -0.2) is 22.5 Å². The maximum Gasteiger partial charge on any atom is 0.0747 e. The van der Waals surface area contributed by atoms with Crippen LogP contribution in [0.15, 0.2) is 18.9 Å². The van der Waals surface area contributed by atoms with Gasteiger partial charge in [-0.05, 0) is 19.1 Å².